The summed E-state index contributed by atoms with van der Waals surface area (Å²) in [5.41, 5.74) is 5.90. The van der Waals surface area contributed by atoms with Gasteiger partial charge in [-0.05, 0) is 65.9 Å². The van der Waals surface area contributed by atoms with E-state index in [9.17, 15) is 10.3 Å². The normalized spacial score (nSPS) is 12.5. The van der Waals surface area contributed by atoms with Crippen molar-refractivity contribution in [2.45, 2.75) is 66.7 Å². The lowest BCUT2D eigenvalue weighted by molar-refractivity contribution is -0.584. The van der Waals surface area contributed by atoms with Crippen LogP contribution in [0.2, 0.25) is 0 Å². The van der Waals surface area contributed by atoms with E-state index in [2.05, 4.69) is 45.9 Å². The topological polar surface area (TPSA) is 47.2 Å². The summed E-state index contributed by atoms with van der Waals surface area (Å²) in [6.07, 6.45) is 11.7. The molecule has 0 amide bonds. The highest BCUT2D eigenvalue weighted by molar-refractivity contribution is 5.82. The summed E-state index contributed by atoms with van der Waals surface area (Å²) in [5, 5.41) is 23.6. The number of hydrogen-bond donors (Lipinski definition) is 1. The van der Waals surface area contributed by atoms with Gasteiger partial charge in [-0.2, -0.15) is 4.73 Å². The molecule has 1 aromatic carbocycles. The number of fused-ring (bicyclic) bond motifs is 1. The lowest BCUT2D eigenvalue weighted by atomic mass is 10.0. The van der Waals surface area contributed by atoms with Crippen LogP contribution in [0, 0.1) is 12.1 Å². The molecule has 0 saturated carbocycles. The Hall–Kier alpha value is -2.55. The highest BCUT2D eigenvalue weighted by Gasteiger charge is 2.18. The number of hydrogen-bond acceptors (Lipinski definition) is 2. The fourth-order valence-corrected chi connectivity index (χ4v) is 3.35. The Labute approximate surface area is 169 Å². The second-order valence-electron chi connectivity index (χ2n) is 7.89. The number of nitrogens with zero attached hydrogens (tertiary/aromatic N) is 1. The molecular formula is C25H33NO2. The molecule has 0 aliphatic heterocycles. The van der Waals surface area contributed by atoms with Crippen molar-refractivity contribution in [1.29, 1.82) is 0 Å². The van der Waals surface area contributed by atoms with Crippen molar-refractivity contribution >= 4 is 10.9 Å². The van der Waals surface area contributed by atoms with Crippen molar-refractivity contribution < 1.29 is 9.84 Å². The van der Waals surface area contributed by atoms with Crippen LogP contribution in [0.25, 0.3) is 10.9 Å². The molecule has 0 atom stereocenters. The van der Waals surface area contributed by atoms with E-state index in [1.807, 2.05) is 18.2 Å². The lowest BCUT2D eigenvalue weighted by Crippen LogP contribution is -2.31. The molecule has 0 saturated heterocycles. The van der Waals surface area contributed by atoms with E-state index < -0.39 is 0 Å². The molecule has 0 fully saturated rings. The van der Waals surface area contributed by atoms with Crippen LogP contribution in [0.5, 0.6) is 5.75 Å². The van der Waals surface area contributed by atoms with E-state index in [-0.39, 0.29) is 5.75 Å². The van der Waals surface area contributed by atoms with Crippen LogP contribution in [0.15, 0.2) is 59.2 Å². The van der Waals surface area contributed by atoms with E-state index in [0.717, 1.165) is 41.4 Å². The average molecular weight is 380 g/mol. The van der Waals surface area contributed by atoms with Gasteiger partial charge in [0.2, 0.25) is 11.2 Å². The fourth-order valence-electron chi connectivity index (χ4n) is 3.35. The van der Waals surface area contributed by atoms with Crippen LogP contribution in [0.3, 0.4) is 0 Å². The second kappa shape index (κ2) is 10.1. The minimum absolute atomic E-state index is 0.104. The van der Waals surface area contributed by atoms with Crippen LogP contribution in [0.4, 0.5) is 0 Å². The summed E-state index contributed by atoms with van der Waals surface area (Å²) >= 11 is 0. The summed E-state index contributed by atoms with van der Waals surface area (Å²) < 4.78 is 0.813. The Balaban J connectivity index is 2.05. The molecule has 3 nitrogen and oxygen atoms in total. The summed E-state index contributed by atoms with van der Waals surface area (Å²) in [6, 6.07) is 7.46. The fraction of sp³-hybridized carbons (Fsp3) is 0.400. The van der Waals surface area contributed by atoms with Gasteiger partial charge in [-0.3, -0.25) is 0 Å². The number of benzene rings is 1. The number of pyridine rings is 1. The first-order valence-corrected chi connectivity index (χ1v) is 10.1. The molecule has 0 radical (unpaired) electrons. The Kier molecular flexibility index (Phi) is 7.86. The summed E-state index contributed by atoms with van der Waals surface area (Å²) in [6.45, 7) is 10.3. The standard InChI is InChI=1S/C25H33NO2/c1-18(2)10-8-11-19(3)12-9-13-20(4)16-17-23-22-14-6-7-15-24(22)26(28)21(5)25(23)27/h6-7,10,12,14-16,27H,8-9,11,13,17H2,1-5H3/b19-12+,20-16+. The largest absolute Gasteiger partial charge is 0.618 e. The van der Waals surface area contributed by atoms with E-state index in [1.165, 1.54) is 16.7 Å². The van der Waals surface area contributed by atoms with Crippen LogP contribution >= 0.6 is 0 Å². The third-order valence-electron chi connectivity index (χ3n) is 5.16. The van der Waals surface area contributed by atoms with Gasteiger partial charge in [0, 0.05) is 18.6 Å². The van der Waals surface area contributed by atoms with Crippen molar-refractivity contribution in [2.75, 3.05) is 0 Å². The van der Waals surface area contributed by atoms with Crippen molar-refractivity contribution in [3.05, 3.63) is 75.7 Å². The Morgan fingerprint density at radius 2 is 1.57 bits per heavy atom. The van der Waals surface area contributed by atoms with Gasteiger partial charge in [-0.15, -0.1) is 0 Å². The number of aromatic nitrogens is 1. The Morgan fingerprint density at radius 1 is 0.964 bits per heavy atom. The van der Waals surface area contributed by atoms with Crippen molar-refractivity contribution in [1.82, 2.24) is 0 Å². The van der Waals surface area contributed by atoms with Gasteiger partial charge in [-0.25, -0.2) is 0 Å². The predicted octanol–water partition coefficient (Wildman–Crippen LogP) is 6.45. The zero-order valence-corrected chi connectivity index (χ0v) is 17.9. The molecule has 1 N–H and O–H groups in total. The van der Waals surface area contributed by atoms with Gasteiger partial charge in [0.05, 0.1) is 5.39 Å². The molecule has 2 aromatic rings. The minimum Gasteiger partial charge on any atom is -0.618 e. The van der Waals surface area contributed by atoms with E-state index in [1.54, 1.807) is 13.0 Å². The maximum absolute atomic E-state index is 12.3. The Morgan fingerprint density at radius 3 is 2.25 bits per heavy atom. The zero-order chi connectivity index (χ0) is 20.7. The number of rotatable bonds is 8. The monoisotopic (exact) mass is 379 g/mol. The minimum atomic E-state index is 0.104. The molecule has 150 valence electrons. The van der Waals surface area contributed by atoms with Crippen LogP contribution < -0.4 is 4.73 Å². The lowest BCUT2D eigenvalue weighted by Gasteiger charge is -2.11. The Bertz CT molecular complexity index is 916. The second-order valence-corrected chi connectivity index (χ2v) is 7.89. The number of aromatic hydroxyl groups is 1. The van der Waals surface area contributed by atoms with Gasteiger partial charge >= 0.3 is 0 Å². The third kappa shape index (κ3) is 5.72. The molecule has 28 heavy (non-hydrogen) atoms. The van der Waals surface area contributed by atoms with Crippen molar-refractivity contribution in [3.8, 4) is 5.75 Å². The molecule has 1 aromatic heterocycles. The quantitative estimate of drug-likeness (QED) is 0.325. The van der Waals surface area contributed by atoms with Crippen molar-refractivity contribution in [2.24, 2.45) is 0 Å². The van der Waals surface area contributed by atoms with Gasteiger partial charge in [0.25, 0.3) is 0 Å². The van der Waals surface area contributed by atoms with Crippen LogP contribution in [0.1, 0.15) is 64.6 Å². The molecule has 0 aliphatic rings. The smallest absolute Gasteiger partial charge is 0.232 e. The first-order valence-electron chi connectivity index (χ1n) is 10.1. The highest BCUT2D eigenvalue weighted by atomic mass is 16.5. The molecule has 0 bridgehead atoms. The highest BCUT2D eigenvalue weighted by Crippen LogP contribution is 2.28. The predicted molar refractivity (Wildman–Crippen MR) is 118 cm³/mol. The first-order chi connectivity index (χ1) is 13.3. The molecule has 0 unspecified atom stereocenters. The zero-order valence-electron chi connectivity index (χ0n) is 17.9. The summed E-state index contributed by atoms with van der Waals surface area (Å²) in [4.78, 5) is 0. The molecule has 0 spiro atoms. The van der Waals surface area contributed by atoms with Crippen molar-refractivity contribution in [3.63, 3.8) is 0 Å². The number of para-hydroxylation sites is 1. The summed E-state index contributed by atoms with van der Waals surface area (Å²) in [7, 11) is 0. The van der Waals surface area contributed by atoms with Gasteiger partial charge < -0.3 is 10.3 Å². The maximum atomic E-state index is 12.3. The molecule has 1 heterocycles. The van der Waals surface area contributed by atoms with Crippen LogP contribution in [-0.4, -0.2) is 5.11 Å². The SMILES string of the molecule is CC(C)=CCC/C(C)=C/CC/C(C)=C/Cc1c(O)c(C)[n+]([O-])c2ccccc12. The average Bonchev–Trinajstić information content (AvgIpc) is 2.66. The van der Waals surface area contributed by atoms with E-state index >= 15 is 0 Å². The molecule has 2 rings (SSSR count). The first kappa shape index (κ1) is 21.7. The number of allylic oxidation sites excluding steroid dienone is 6. The molecule has 0 aliphatic carbocycles. The molecule has 3 heteroatoms. The molecular weight excluding hydrogens is 346 g/mol. The van der Waals surface area contributed by atoms with Gasteiger partial charge in [0.1, 0.15) is 0 Å². The third-order valence-corrected chi connectivity index (χ3v) is 5.16. The van der Waals surface area contributed by atoms with E-state index in [0.29, 0.717) is 17.6 Å². The van der Waals surface area contributed by atoms with Crippen LogP contribution in [-0.2, 0) is 6.42 Å². The maximum Gasteiger partial charge on any atom is 0.232 e. The van der Waals surface area contributed by atoms with Gasteiger partial charge in [0.15, 0.2) is 5.75 Å². The summed E-state index contributed by atoms with van der Waals surface area (Å²) in [5.74, 6) is 0.104. The van der Waals surface area contributed by atoms with Gasteiger partial charge in [-0.1, -0.05) is 47.1 Å². The van der Waals surface area contributed by atoms with E-state index in [4.69, 9.17) is 0 Å².